The second-order valence-corrected chi connectivity index (χ2v) is 9.97. The Bertz CT molecular complexity index is 514. The largest absolute Gasteiger partial charge is 1.00 e. The van der Waals surface area contributed by atoms with Crippen molar-refractivity contribution in [1.29, 1.82) is 0 Å². The topological polar surface area (TPSA) is 0 Å². The van der Waals surface area contributed by atoms with Gasteiger partial charge in [-0.05, 0) is 49.1 Å². The quantitative estimate of drug-likeness (QED) is 0.200. The molecule has 0 amide bonds. The molecule has 1 fully saturated rings. The first-order valence-electron chi connectivity index (χ1n) is 12.5. The molecule has 0 radical (unpaired) electrons. The minimum absolute atomic E-state index is 0. The Balaban J connectivity index is 0.00000420. The lowest BCUT2D eigenvalue weighted by atomic mass is 9.80. The van der Waals surface area contributed by atoms with E-state index in [9.17, 15) is 0 Å². The second kappa shape index (κ2) is 14.8. The van der Waals surface area contributed by atoms with Crippen LogP contribution in [-0.4, -0.2) is 31.2 Å². The molecule has 1 nitrogen and oxygen atoms in total. The van der Waals surface area contributed by atoms with Crippen molar-refractivity contribution in [3.63, 3.8) is 0 Å². The van der Waals surface area contributed by atoms with Crippen molar-refractivity contribution in [3.8, 4) is 0 Å². The van der Waals surface area contributed by atoms with Crippen LogP contribution in [0.25, 0.3) is 0 Å². The fourth-order valence-corrected chi connectivity index (χ4v) is 5.29. The first kappa shape index (κ1) is 26.9. The molecule has 168 valence electrons. The molecule has 0 heterocycles. The summed E-state index contributed by atoms with van der Waals surface area (Å²) in [6.07, 6.45) is 19.4. The average Bonchev–Trinajstić information content (AvgIpc) is 2.70. The highest BCUT2D eigenvalue weighted by Crippen LogP contribution is 2.36. The monoisotopic (exact) mass is 513 g/mol. The number of benzene rings is 1. The summed E-state index contributed by atoms with van der Waals surface area (Å²) < 4.78 is 1.22. The van der Waals surface area contributed by atoms with Gasteiger partial charge < -0.3 is 28.5 Å². The highest BCUT2D eigenvalue weighted by Gasteiger charge is 2.32. The molecule has 0 N–H and O–H groups in total. The number of hydrogen-bond donors (Lipinski definition) is 0. The second-order valence-electron chi connectivity index (χ2n) is 9.97. The molecule has 29 heavy (non-hydrogen) atoms. The minimum Gasteiger partial charge on any atom is -1.00 e. The predicted molar refractivity (Wildman–Crippen MR) is 125 cm³/mol. The lowest BCUT2D eigenvalue weighted by molar-refractivity contribution is -0.916. The van der Waals surface area contributed by atoms with Crippen LogP contribution < -0.4 is 24.0 Å². The van der Waals surface area contributed by atoms with Gasteiger partial charge in [0.25, 0.3) is 0 Å². The van der Waals surface area contributed by atoms with Crippen molar-refractivity contribution < 1.29 is 28.5 Å². The van der Waals surface area contributed by atoms with Crippen LogP contribution in [0.5, 0.6) is 0 Å². The molecule has 0 saturated heterocycles. The number of hydrogen-bond acceptors (Lipinski definition) is 0. The van der Waals surface area contributed by atoms with Gasteiger partial charge in [-0.1, -0.05) is 83.1 Å². The lowest BCUT2D eigenvalue weighted by Gasteiger charge is -2.41. The Labute approximate surface area is 199 Å². The molecule has 0 atom stereocenters. The van der Waals surface area contributed by atoms with Gasteiger partial charge in [0.15, 0.2) is 0 Å². The SMILES string of the molecule is CCCCCCCCCCc1ccc(C2CCC([N+](C)(C)CCC)CC2)cc1.[I-]. The molecule has 1 aliphatic carbocycles. The van der Waals surface area contributed by atoms with Crippen LogP contribution in [0.15, 0.2) is 24.3 Å². The van der Waals surface area contributed by atoms with E-state index in [0.29, 0.717) is 0 Å². The standard InChI is InChI=1S/C27H48N.HI/c1-5-7-8-9-10-11-12-13-14-24-15-17-25(18-16-24)26-19-21-27(22-20-26)28(3,4)23-6-2;/h15-18,26-27H,5-14,19-23H2,1-4H3;1H/q+1;/p-1. The first-order chi connectivity index (χ1) is 13.6. The molecule has 1 saturated carbocycles. The Morgan fingerprint density at radius 1 is 0.724 bits per heavy atom. The van der Waals surface area contributed by atoms with E-state index in [1.54, 1.807) is 11.1 Å². The van der Waals surface area contributed by atoms with Crippen LogP contribution in [0, 0.1) is 0 Å². The van der Waals surface area contributed by atoms with Crippen molar-refractivity contribution >= 4 is 0 Å². The summed E-state index contributed by atoms with van der Waals surface area (Å²) in [5.74, 6) is 0.801. The van der Waals surface area contributed by atoms with Gasteiger partial charge in [-0.25, -0.2) is 0 Å². The number of nitrogens with zero attached hydrogens (tertiary/aromatic N) is 1. The van der Waals surface area contributed by atoms with Gasteiger partial charge in [-0.2, -0.15) is 0 Å². The zero-order valence-electron chi connectivity index (χ0n) is 19.9. The van der Waals surface area contributed by atoms with E-state index < -0.39 is 0 Å². The summed E-state index contributed by atoms with van der Waals surface area (Å²) in [7, 11) is 4.88. The highest BCUT2D eigenvalue weighted by molar-refractivity contribution is 5.26. The van der Waals surface area contributed by atoms with Gasteiger partial charge in [0.1, 0.15) is 0 Å². The average molecular weight is 514 g/mol. The molecule has 0 unspecified atom stereocenters. The molecule has 0 aliphatic heterocycles. The van der Waals surface area contributed by atoms with Gasteiger partial charge in [-0.3, -0.25) is 0 Å². The summed E-state index contributed by atoms with van der Waals surface area (Å²) in [5.41, 5.74) is 3.14. The molecule has 1 aliphatic rings. The number of rotatable bonds is 13. The molecular weight excluding hydrogens is 465 g/mol. The van der Waals surface area contributed by atoms with Crippen molar-refractivity contribution in [1.82, 2.24) is 0 Å². The van der Waals surface area contributed by atoms with Crippen molar-refractivity contribution in [3.05, 3.63) is 35.4 Å². The maximum atomic E-state index is 2.44. The van der Waals surface area contributed by atoms with Crippen LogP contribution in [0.1, 0.15) is 114 Å². The third-order valence-electron chi connectivity index (χ3n) is 7.26. The molecule has 0 spiro atoms. The Morgan fingerprint density at radius 3 is 1.83 bits per heavy atom. The van der Waals surface area contributed by atoms with Crippen LogP contribution in [0.2, 0.25) is 0 Å². The summed E-state index contributed by atoms with van der Waals surface area (Å²) >= 11 is 0. The number of halogens is 1. The zero-order valence-corrected chi connectivity index (χ0v) is 22.1. The van der Waals surface area contributed by atoms with Crippen LogP contribution >= 0.6 is 0 Å². The van der Waals surface area contributed by atoms with Crippen LogP contribution in [0.3, 0.4) is 0 Å². The summed E-state index contributed by atoms with van der Waals surface area (Å²) in [6, 6.07) is 10.6. The van der Waals surface area contributed by atoms with E-state index in [1.165, 1.54) is 101 Å². The van der Waals surface area contributed by atoms with E-state index in [2.05, 4.69) is 52.2 Å². The predicted octanol–water partition coefficient (Wildman–Crippen LogP) is 4.89. The van der Waals surface area contributed by atoms with Gasteiger partial charge in [0.05, 0.1) is 26.7 Å². The van der Waals surface area contributed by atoms with Crippen molar-refractivity contribution in [2.75, 3.05) is 20.6 Å². The highest BCUT2D eigenvalue weighted by atomic mass is 127. The maximum Gasteiger partial charge on any atom is 0.0886 e. The smallest absolute Gasteiger partial charge is 0.0886 e. The summed E-state index contributed by atoms with van der Waals surface area (Å²) in [4.78, 5) is 0. The molecule has 1 aromatic carbocycles. The fourth-order valence-electron chi connectivity index (χ4n) is 5.29. The van der Waals surface area contributed by atoms with Gasteiger partial charge in [-0.15, -0.1) is 0 Å². The Kier molecular flexibility index (Phi) is 13.8. The Morgan fingerprint density at radius 2 is 1.28 bits per heavy atom. The Hall–Kier alpha value is -0.0900. The normalized spacial score (nSPS) is 19.7. The molecule has 0 bridgehead atoms. The molecule has 0 aromatic heterocycles. The number of quaternary nitrogens is 1. The van der Waals surface area contributed by atoms with Gasteiger partial charge in [0, 0.05) is 12.8 Å². The van der Waals surface area contributed by atoms with E-state index in [-0.39, 0.29) is 24.0 Å². The number of aryl methyl sites for hydroxylation is 1. The third-order valence-corrected chi connectivity index (χ3v) is 7.26. The van der Waals surface area contributed by atoms with Crippen molar-refractivity contribution in [2.24, 2.45) is 0 Å². The maximum absolute atomic E-state index is 2.44. The third kappa shape index (κ3) is 9.72. The van der Waals surface area contributed by atoms with Crippen LogP contribution in [0.4, 0.5) is 0 Å². The zero-order chi connectivity index (χ0) is 20.2. The first-order valence-corrected chi connectivity index (χ1v) is 12.5. The van der Waals surface area contributed by atoms with E-state index in [0.717, 1.165) is 12.0 Å². The van der Waals surface area contributed by atoms with E-state index >= 15 is 0 Å². The molecule has 2 heteroatoms. The fraction of sp³-hybridized carbons (Fsp3) is 0.778. The minimum atomic E-state index is 0. The summed E-state index contributed by atoms with van der Waals surface area (Å²) in [5, 5.41) is 0. The van der Waals surface area contributed by atoms with Gasteiger partial charge in [0.2, 0.25) is 0 Å². The van der Waals surface area contributed by atoms with Crippen LogP contribution in [-0.2, 0) is 6.42 Å². The molecule has 1 aromatic rings. The molecular formula is C27H48IN. The van der Waals surface area contributed by atoms with E-state index in [1.807, 2.05) is 0 Å². The molecule has 2 rings (SSSR count). The van der Waals surface area contributed by atoms with Crippen molar-refractivity contribution in [2.45, 2.75) is 116 Å². The number of unbranched alkanes of at least 4 members (excludes halogenated alkanes) is 7. The van der Waals surface area contributed by atoms with Gasteiger partial charge >= 0.3 is 0 Å². The van der Waals surface area contributed by atoms with E-state index in [4.69, 9.17) is 0 Å². The summed E-state index contributed by atoms with van der Waals surface area (Å²) in [6.45, 7) is 5.94. The lowest BCUT2D eigenvalue weighted by Crippen LogP contribution is -3.00.